The van der Waals surface area contributed by atoms with Crippen LogP contribution in [0.3, 0.4) is 0 Å². The van der Waals surface area contributed by atoms with Crippen LogP contribution in [0.4, 0.5) is 5.69 Å². The lowest BCUT2D eigenvalue weighted by atomic mass is 10.3. The maximum absolute atomic E-state index is 12.5. The molecule has 1 fully saturated rings. The number of halogens is 2. The van der Waals surface area contributed by atoms with Gasteiger partial charge < -0.3 is 10.5 Å². The van der Waals surface area contributed by atoms with Crippen LogP contribution in [0.15, 0.2) is 17.0 Å². The summed E-state index contributed by atoms with van der Waals surface area (Å²) in [6.07, 6.45) is -0.880. The molecule has 8 nitrogen and oxygen atoms in total. The molecule has 1 saturated heterocycles. The van der Waals surface area contributed by atoms with E-state index in [1.807, 2.05) is 0 Å². The van der Waals surface area contributed by atoms with Crippen LogP contribution < -0.4 is 5.73 Å². The van der Waals surface area contributed by atoms with Crippen LogP contribution in [0.5, 0.6) is 0 Å². The molecule has 1 aliphatic rings. The van der Waals surface area contributed by atoms with Gasteiger partial charge in [-0.1, -0.05) is 23.2 Å². The summed E-state index contributed by atoms with van der Waals surface area (Å²) in [4.78, 5) is 9.71. The van der Waals surface area contributed by atoms with Gasteiger partial charge in [0.15, 0.2) is 0 Å². The van der Waals surface area contributed by atoms with Crippen molar-refractivity contribution in [3.05, 3.63) is 32.3 Å². The van der Waals surface area contributed by atoms with Crippen molar-refractivity contribution >= 4 is 38.9 Å². The zero-order valence-corrected chi connectivity index (χ0v) is 12.9. The van der Waals surface area contributed by atoms with E-state index in [0.717, 1.165) is 16.4 Å². The third kappa shape index (κ3) is 2.98. The summed E-state index contributed by atoms with van der Waals surface area (Å²) in [5.74, 6) is 0. The van der Waals surface area contributed by atoms with Crippen molar-refractivity contribution in [3.63, 3.8) is 0 Å². The monoisotopic (exact) mass is 355 g/mol. The molecule has 2 rings (SSSR count). The molecule has 116 valence electrons. The normalized spacial score (nSPS) is 20.4. The van der Waals surface area contributed by atoms with E-state index in [-0.39, 0.29) is 24.8 Å². The van der Waals surface area contributed by atoms with Crippen molar-refractivity contribution in [1.29, 1.82) is 0 Å². The van der Waals surface area contributed by atoms with Gasteiger partial charge in [-0.3, -0.25) is 10.1 Å². The SMILES string of the molecule is NC1COCCN1S(=O)(=O)c1ccc(Cl)c([N+](=O)[O-])c1Cl. The van der Waals surface area contributed by atoms with Crippen molar-refractivity contribution < 1.29 is 18.1 Å². The summed E-state index contributed by atoms with van der Waals surface area (Å²) in [5.41, 5.74) is 5.05. The highest BCUT2D eigenvalue weighted by Gasteiger charge is 2.36. The van der Waals surface area contributed by atoms with E-state index < -0.39 is 36.7 Å². The third-order valence-corrected chi connectivity index (χ3v) is 5.68. The summed E-state index contributed by atoms with van der Waals surface area (Å²) in [6, 6.07) is 2.24. The van der Waals surface area contributed by atoms with Gasteiger partial charge in [0.1, 0.15) is 14.9 Å². The minimum Gasteiger partial charge on any atom is -0.377 e. The zero-order chi connectivity index (χ0) is 15.8. The molecule has 1 heterocycles. The number of nitro benzene ring substituents is 1. The summed E-state index contributed by atoms with van der Waals surface area (Å²) < 4.78 is 31.1. The molecule has 1 aliphatic heterocycles. The second-order valence-corrected chi connectivity index (χ2v) is 6.87. The van der Waals surface area contributed by atoms with Crippen LogP contribution in [0.2, 0.25) is 10.0 Å². The van der Waals surface area contributed by atoms with Gasteiger partial charge in [-0.05, 0) is 12.1 Å². The van der Waals surface area contributed by atoms with Gasteiger partial charge in [0.25, 0.3) is 0 Å². The van der Waals surface area contributed by atoms with Crippen LogP contribution in [0.1, 0.15) is 0 Å². The number of rotatable bonds is 3. The summed E-state index contributed by atoms with van der Waals surface area (Å²) in [6.45, 7) is 0.253. The van der Waals surface area contributed by atoms with Crippen LogP contribution in [0, 0.1) is 10.1 Å². The van der Waals surface area contributed by atoms with Crippen molar-refractivity contribution in [2.24, 2.45) is 5.73 Å². The molecule has 0 spiro atoms. The molecule has 0 aromatic heterocycles. The number of benzene rings is 1. The predicted octanol–water partition coefficient (Wildman–Crippen LogP) is 1.21. The summed E-state index contributed by atoms with van der Waals surface area (Å²) in [5, 5.41) is 10.2. The van der Waals surface area contributed by atoms with Crippen LogP contribution in [0.25, 0.3) is 0 Å². The lowest BCUT2D eigenvalue weighted by Crippen LogP contribution is -2.53. The van der Waals surface area contributed by atoms with E-state index in [0.29, 0.717) is 0 Å². The van der Waals surface area contributed by atoms with E-state index in [2.05, 4.69) is 0 Å². The molecule has 1 aromatic rings. The van der Waals surface area contributed by atoms with Crippen molar-refractivity contribution in [1.82, 2.24) is 4.31 Å². The fourth-order valence-electron chi connectivity index (χ4n) is 1.92. The van der Waals surface area contributed by atoms with Gasteiger partial charge in [-0.15, -0.1) is 0 Å². The average molecular weight is 356 g/mol. The molecule has 1 aromatic carbocycles. The lowest BCUT2D eigenvalue weighted by molar-refractivity contribution is -0.384. The van der Waals surface area contributed by atoms with Gasteiger partial charge >= 0.3 is 5.69 Å². The van der Waals surface area contributed by atoms with Crippen LogP contribution >= 0.6 is 23.2 Å². The van der Waals surface area contributed by atoms with Gasteiger partial charge in [0.05, 0.1) is 24.3 Å². The lowest BCUT2D eigenvalue weighted by Gasteiger charge is -2.32. The number of sulfonamides is 1. The molecule has 11 heteroatoms. The van der Waals surface area contributed by atoms with E-state index in [1.165, 1.54) is 0 Å². The second-order valence-electron chi connectivity index (χ2n) is 4.22. The molecule has 0 radical (unpaired) electrons. The Morgan fingerprint density at radius 1 is 1.43 bits per heavy atom. The van der Waals surface area contributed by atoms with E-state index >= 15 is 0 Å². The topological polar surface area (TPSA) is 116 Å². The highest BCUT2D eigenvalue weighted by Crippen LogP contribution is 2.38. The molecule has 0 amide bonds. The summed E-state index contributed by atoms with van der Waals surface area (Å²) >= 11 is 11.5. The predicted molar refractivity (Wildman–Crippen MR) is 75.8 cm³/mol. The van der Waals surface area contributed by atoms with Gasteiger partial charge in [-0.25, -0.2) is 8.42 Å². The van der Waals surface area contributed by atoms with Crippen molar-refractivity contribution in [2.45, 2.75) is 11.1 Å². The second kappa shape index (κ2) is 6.03. The van der Waals surface area contributed by atoms with Crippen molar-refractivity contribution in [3.8, 4) is 0 Å². The molecular formula is C10H11Cl2N3O5S. The Bertz CT molecular complexity index is 682. The first kappa shape index (κ1) is 16.4. The zero-order valence-electron chi connectivity index (χ0n) is 10.5. The first-order valence-electron chi connectivity index (χ1n) is 5.74. The summed E-state index contributed by atoms with van der Waals surface area (Å²) in [7, 11) is -4.08. The molecule has 0 saturated carbocycles. The Morgan fingerprint density at radius 2 is 2.10 bits per heavy atom. The number of nitrogens with zero attached hydrogens (tertiary/aromatic N) is 2. The number of nitrogens with two attached hydrogens (primary N) is 1. The Balaban J connectivity index is 2.55. The number of ether oxygens (including phenoxy) is 1. The number of morpholine rings is 1. The maximum Gasteiger partial charge on any atom is 0.307 e. The Hall–Kier alpha value is -0.970. The highest BCUT2D eigenvalue weighted by atomic mass is 35.5. The third-order valence-electron chi connectivity index (χ3n) is 2.92. The molecule has 0 bridgehead atoms. The smallest absolute Gasteiger partial charge is 0.307 e. The first-order chi connectivity index (χ1) is 9.76. The van der Waals surface area contributed by atoms with Crippen LogP contribution in [-0.2, 0) is 14.8 Å². The molecule has 21 heavy (non-hydrogen) atoms. The largest absolute Gasteiger partial charge is 0.377 e. The molecule has 0 aliphatic carbocycles. The molecule has 2 N–H and O–H groups in total. The fourth-order valence-corrected chi connectivity index (χ4v) is 4.27. The Morgan fingerprint density at radius 3 is 2.67 bits per heavy atom. The fraction of sp³-hybridized carbons (Fsp3) is 0.400. The Labute approximate surface area is 130 Å². The molecule has 1 atom stereocenters. The quantitative estimate of drug-likeness (QED) is 0.643. The van der Waals surface area contributed by atoms with Gasteiger partial charge in [0.2, 0.25) is 10.0 Å². The minimum absolute atomic E-state index is 0.0343. The Kier molecular flexibility index (Phi) is 4.71. The van der Waals surface area contributed by atoms with E-state index in [9.17, 15) is 18.5 Å². The van der Waals surface area contributed by atoms with E-state index in [4.69, 9.17) is 33.7 Å². The standard InChI is InChI=1S/C10H11Cl2N3O5S/c11-6-1-2-7(9(12)10(6)15(16)17)21(18,19)14-3-4-20-5-8(14)13/h1-2,8H,3-5,13H2. The highest BCUT2D eigenvalue weighted by molar-refractivity contribution is 7.89. The number of hydrogen-bond donors (Lipinski definition) is 1. The van der Waals surface area contributed by atoms with Gasteiger partial charge in [-0.2, -0.15) is 4.31 Å². The minimum atomic E-state index is -4.08. The number of hydrogen-bond acceptors (Lipinski definition) is 6. The van der Waals surface area contributed by atoms with Crippen LogP contribution in [-0.4, -0.2) is 43.6 Å². The van der Waals surface area contributed by atoms with Gasteiger partial charge in [0, 0.05) is 6.54 Å². The molecular weight excluding hydrogens is 345 g/mol. The first-order valence-corrected chi connectivity index (χ1v) is 7.94. The maximum atomic E-state index is 12.5. The van der Waals surface area contributed by atoms with E-state index in [1.54, 1.807) is 0 Å². The average Bonchev–Trinajstić information content (AvgIpc) is 2.38. The molecule has 1 unspecified atom stereocenters. The number of nitro groups is 1. The van der Waals surface area contributed by atoms with Crippen molar-refractivity contribution in [2.75, 3.05) is 19.8 Å².